The second-order valence-electron chi connectivity index (χ2n) is 8.73. The fourth-order valence-electron chi connectivity index (χ4n) is 6.39. The first-order valence-electron chi connectivity index (χ1n) is 8.49. The van der Waals surface area contributed by atoms with E-state index in [1.807, 2.05) is 0 Å². The standard InChI is InChI=1S/C18H32/c1-12(2)10-18(11-13(3)4)16-6-14-5-15(8-16)9-17(18)7-14/h12-17H,5-11H2,1-4H3. The summed E-state index contributed by atoms with van der Waals surface area (Å²) < 4.78 is 0. The van der Waals surface area contributed by atoms with Gasteiger partial charge in [0.2, 0.25) is 0 Å². The SMILES string of the molecule is CC(C)CC1(CC(C)C)C2CC3CC(C2)CC1C3. The van der Waals surface area contributed by atoms with E-state index in [0.717, 1.165) is 40.9 Å². The summed E-state index contributed by atoms with van der Waals surface area (Å²) in [6.07, 6.45) is 11.0. The molecule has 4 aliphatic carbocycles. The molecule has 0 aromatic carbocycles. The van der Waals surface area contributed by atoms with Gasteiger partial charge in [0, 0.05) is 0 Å². The van der Waals surface area contributed by atoms with E-state index in [-0.39, 0.29) is 0 Å². The minimum Gasteiger partial charge on any atom is -0.0628 e. The van der Waals surface area contributed by atoms with Crippen LogP contribution in [0.25, 0.3) is 0 Å². The van der Waals surface area contributed by atoms with Crippen LogP contribution in [0.3, 0.4) is 0 Å². The van der Waals surface area contributed by atoms with Crippen molar-refractivity contribution in [3.05, 3.63) is 0 Å². The van der Waals surface area contributed by atoms with Gasteiger partial charge >= 0.3 is 0 Å². The monoisotopic (exact) mass is 248 g/mol. The molecule has 0 spiro atoms. The molecule has 0 amide bonds. The first-order chi connectivity index (χ1) is 8.49. The summed E-state index contributed by atoms with van der Waals surface area (Å²) >= 11 is 0. The minimum atomic E-state index is 0.746. The Hall–Kier alpha value is 0. The van der Waals surface area contributed by atoms with Gasteiger partial charge in [-0.25, -0.2) is 0 Å². The number of rotatable bonds is 4. The Balaban J connectivity index is 1.88. The van der Waals surface area contributed by atoms with E-state index >= 15 is 0 Å². The van der Waals surface area contributed by atoms with Crippen molar-refractivity contribution in [2.24, 2.45) is 40.9 Å². The third kappa shape index (κ3) is 2.04. The maximum atomic E-state index is 2.45. The van der Waals surface area contributed by atoms with Crippen molar-refractivity contribution in [2.45, 2.75) is 72.6 Å². The lowest BCUT2D eigenvalue weighted by atomic mass is 9.42. The Morgan fingerprint density at radius 1 is 0.722 bits per heavy atom. The fourth-order valence-corrected chi connectivity index (χ4v) is 6.39. The summed E-state index contributed by atoms with van der Waals surface area (Å²) in [7, 11) is 0. The Kier molecular flexibility index (Phi) is 3.27. The van der Waals surface area contributed by atoms with Crippen LogP contribution < -0.4 is 0 Å². The quantitative estimate of drug-likeness (QED) is 0.614. The normalized spacial score (nSPS) is 41.0. The zero-order valence-corrected chi connectivity index (χ0v) is 12.9. The third-order valence-corrected chi connectivity index (χ3v) is 6.34. The summed E-state index contributed by atoms with van der Waals surface area (Å²) in [5.74, 6) is 6.22. The van der Waals surface area contributed by atoms with Crippen molar-refractivity contribution in [3.8, 4) is 0 Å². The predicted molar refractivity (Wildman–Crippen MR) is 78.4 cm³/mol. The molecule has 4 fully saturated rings. The topological polar surface area (TPSA) is 0 Å². The molecule has 0 aromatic rings. The Morgan fingerprint density at radius 2 is 1.11 bits per heavy atom. The van der Waals surface area contributed by atoms with E-state index in [0.29, 0.717) is 0 Å². The largest absolute Gasteiger partial charge is 0.0628 e. The molecule has 104 valence electrons. The highest BCUT2D eigenvalue weighted by atomic mass is 14.6. The molecule has 0 N–H and O–H groups in total. The molecule has 4 aliphatic rings. The van der Waals surface area contributed by atoms with Crippen LogP contribution in [0.15, 0.2) is 0 Å². The van der Waals surface area contributed by atoms with E-state index in [1.165, 1.54) is 12.8 Å². The molecular weight excluding hydrogens is 216 g/mol. The molecule has 0 unspecified atom stereocenters. The van der Waals surface area contributed by atoms with Crippen molar-refractivity contribution in [3.63, 3.8) is 0 Å². The summed E-state index contributed by atoms with van der Waals surface area (Å²) in [5.41, 5.74) is 0.746. The molecular formula is C18H32. The van der Waals surface area contributed by atoms with Crippen LogP contribution in [-0.4, -0.2) is 0 Å². The molecule has 4 rings (SSSR count). The summed E-state index contributed by atoms with van der Waals surface area (Å²) in [6.45, 7) is 9.81. The Labute approximate surface area is 114 Å². The molecule has 0 aromatic heterocycles. The molecule has 4 saturated carbocycles. The molecule has 0 aliphatic heterocycles. The van der Waals surface area contributed by atoms with Crippen molar-refractivity contribution in [1.29, 1.82) is 0 Å². The molecule has 0 radical (unpaired) electrons. The van der Waals surface area contributed by atoms with Gasteiger partial charge in [-0.05, 0) is 85.9 Å². The highest BCUT2D eigenvalue weighted by Gasteiger charge is 2.56. The lowest BCUT2D eigenvalue weighted by Gasteiger charge is -2.63. The zero-order chi connectivity index (χ0) is 12.9. The summed E-state index contributed by atoms with van der Waals surface area (Å²) in [5, 5.41) is 0. The van der Waals surface area contributed by atoms with E-state index in [1.54, 1.807) is 32.1 Å². The molecule has 0 heterocycles. The smallest absolute Gasteiger partial charge is 0.0236 e. The Bertz CT molecular complexity index is 259. The molecule has 0 saturated heterocycles. The van der Waals surface area contributed by atoms with Gasteiger partial charge in [-0.1, -0.05) is 27.7 Å². The summed E-state index contributed by atoms with van der Waals surface area (Å²) in [4.78, 5) is 0. The van der Waals surface area contributed by atoms with Crippen LogP contribution in [-0.2, 0) is 0 Å². The van der Waals surface area contributed by atoms with Gasteiger partial charge in [0.25, 0.3) is 0 Å². The second kappa shape index (κ2) is 4.53. The van der Waals surface area contributed by atoms with Crippen molar-refractivity contribution < 1.29 is 0 Å². The van der Waals surface area contributed by atoms with Gasteiger partial charge in [0.15, 0.2) is 0 Å². The second-order valence-corrected chi connectivity index (χ2v) is 8.73. The minimum absolute atomic E-state index is 0.746. The number of hydrogen-bond acceptors (Lipinski definition) is 0. The average Bonchev–Trinajstić information content (AvgIpc) is 2.23. The molecule has 0 atom stereocenters. The fraction of sp³-hybridized carbons (Fsp3) is 1.00. The van der Waals surface area contributed by atoms with Crippen LogP contribution in [0.4, 0.5) is 0 Å². The maximum absolute atomic E-state index is 2.45. The lowest BCUT2D eigenvalue weighted by molar-refractivity contribution is -0.128. The van der Waals surface area contributed by atoms with Crippen LogP contribution in [0.5, 0.6) is 0 Å². The average molecular weight is 248 g/mol. The Morgan fingerprint density at radius 3 is 1.44 bits per heavy atom. The van der Waals surface area contributed by atoms with E-state index in [9.17, 15) is 0 Å². The van der Waals surface area contributed by atoms with Crippen molar-refractivity contribution >= 4 is 0 Å². The van der Waals surface area contributed by atoms with Gasteiger partial charge in [0.1, 0.15) is 0 Å². The molecule has 18 heavy (non-hydrogen) atoms. The zero-order valence-electron chi connectivity index (χ0n) is 12.9. The van der Waals surface area contributed by atoms with Crippen LogP contribution in [0, 0.1) is 40.9 Å². The highest BCUT2D eigenvalue weighted by molar-refractivity contribution is 5.06. The van der Waals surface area contributed by atoms with Gasteiger partial charge < -0.3 is 0 Å². The van der Waals surface area contributed by atoms with Gasteiger partial charge in [-0.2, -0.15) is 0 Å². The van der Waals surface area contributed by atoms with Crippen LogP contribution >= 0.6 is 0 Å². The van der Waals surface area contributed by atoms with Crippen LogP contribution in [0.1, 0.15) is 72.6 Å². The maximum Gasteiger partial charge on any atom is -0.0236 e. The first-order valence-corrected chi connectivity index (χ1v) is 8.49. The number of hydrogen-bond donors (Lipinski definition) is 0. The van der Waals surface area contributed by atoms with E-state index in [2.05, 4.69) is 27.7 Å². The highest BCUT2D eigenvalue weighted by Crippen LogP contribution is 2.65. The summed E-state index contributed by atoms with van der Waals surface area (Å²) in [6, 6.07) is 0. The third-order valence-electron chi connectivity index (χ3n) is 6.34. The molecule has 0 nitrogen and oxygen atoms in total. The van der Waals surface area contributed by atoms with Gasteiger partial charge in [-0.15, -0.1) is 0 Å². The van der Waals surface area contributed by atoms with E-state index in [4.69, 9.17) is 0 Å². The molecule has 4 bridgehead atoms. The van der Waals surface area contributed by atoms with Crippen molar-refractivity contribution in [1.82, 2.24) is 0 Å². The van der Waals surface area contributed by atoms with Gasteiger partial charge in [-0.3, -0.25) is 0 Å². The van der Waals surface area contributed by atoms with Crippen molar-refractivity contribution in [2.75, 3.05) is 0 Å². The van der Waals surface area contributed by atoms with Gasteiger partial charge in [0.05, 0.1) is 0 Å². The lowest BCUT2D eigenvalue weighted by Crippen LogP contribution is -2.53. The van der Waals surface area contributed by atoms with Crippen LogP contribution in [0.2, 0.25) is 0 Å². The van der Waals surface area contributed by atoms with E-state index < -0.39 is 0 Å². The first kappa shape index (κ1) is 13.0. The molecule has 0 heteroatoms. The predicted octanol–water partition coefficient (Wildman–Crippen LogP) is 5.52.